The molecule has 2 atom stereocenters. The molecule has 0 aliphatic carbocycles. The number of fused-ring (bicyclic) bond motifs is 1. The van der Waals surface area contributed by atoms with Crippen LogP contribution in [0.15, 0.2) is 30.5 Å². The Hall–Kier alpha value is -2.82. The molecule has 2 heterocycles. The highest BCUT2D eigenvalue weighted by Gasteiger charge is 2.49. The zero-order chi connectivity index (χ0) is 23.7. The summed E-state index contributed by atoms with van der Waals surface area (Å²) in [6, 6.07) is 5.30. The van der Waals surface area contributed by atoms with Gasteiger partial charge in [-0.2, -0.15) is 0 Å². The topological polar surface area (TPSA) is 180 Å². The number of anilines is 1. The Morgan fingerprint density at radius 1 is 1.41 bits per heavy atom. The van der Waals surface area contributed by atoms with E-state index in [9.17, 15) is 24.4 Å². The average Bonchev–Trinajstić information content (AvgIpc) is 2.96. The van der Waals surface area contributed by atoms with Gasteiger partial charge in [-0.05, 0) is 13.0 Å². The summed E-state index contributed by atoms with van der Waals surface area (Å²) in [4.78, 5) is 47.1. The van der Waals surface area contributed by atoms with Crippen molar-refractivity contribution in [3.05, 3.63) is 52.8 Å². The summed E-state index contributed by atoms with van der Waals surface area (Å²) >= 11 is 6.56. The van der Waals surface area contributed by atoms with Gasteiger partial charge in [0.2, 0.25) is 11.9 Å². The van der Waals surface area contributed by atoms with Crippen molar-refractivity contribution in [2.75, 3.05) is 5.32 Å². The van der Waals surface area contributed by atoms with Gasteiger partial charge in [-0.3, -0.25) is 14.3 Å². The molecule has 2 aromatic rings. The molecule has 0 unspecified atom stereocenters. The zero-order valence-electron chi connectivity index (χ0n) is 16.6. The average molecular weight is 485 g/mol. The Morgan fingerprint density at radius 2 is 2.09 bits per heavy atom. The number of nitrogens with zero attached hydrogens (tertiary/aromatic N) is 1. The van der Waals surface area contributed by atoms with Crippen LogP contribution >= 0.6 is 19.4 Å². The van der Waals surface area contributed by atoms with E-state index in [2.05, 4.69) is 19.8 Å². The van der Waals surface area contributed by atoms with Gasteiger partial charge in [0.15, 0.2) is 11.1 Å². The largest absolute Gasteiger partial charge is 0.505 e. The van der Waals surface area contributed by atoms with Gasteiger partial charge in [0, 0.05) is 23.0 Å². The Balaban J connectivity index is 1.93. The number of amides is 1. The summed E-state index contributed by atoms with van der Waals surface area (Å²) in [6.45, 7) is 0.897. The smallest absolute Gasteiger partial charge is 0.469 e. The molecule has 1 aliphatic rings. The van der Waals surface area contributed by atoms with Gasteiger partial charge < -0.3 is 25.3 Å². The molecule has 1 amide bonds. The van der Waals surface area contributed by atoms with Gasteiger partial charge in [0.05, 0.1) is 24.3 Å². The Kier molecular flexibility index (Phi) is 6.68. The third-order valence-electron chi connectivity index (χ3n) is 4.92. The van der Waals surface area contributed by atoms with E-state index in [4.69, 9.17) is 21.4 Å². The normalized spacial score (nSPS) is 19.1. The third-order valence-corrected chi connectivity index (χ3v) is 5.92. The number of aromatic hydroxyl groups is 1. The van der Waals surface area contributed by atoms with Crippen LogP contribution in [0, 0.1) is 6.92 Å². The molecule has 1 aromatic carbocycles. The second kappa shape index (κ2) is 8.97. The highest BCUT2D eigenvalue weighted by molar-refractivity contribution is 7.46. The molecule has 0 fully saturated rings. The van der Waals surface area contributed by atoms with Crippen LogP contribution in [0.25, 0.3) is 0 Å². The van der Waals surface area contributed by atoms with E-state index >= 15 is 0 Å². The molecule has 0 bridgehead atoms. The number of benzene rings is 1. The maximum absolute atomic E-state index is 12.5. The number of alkyl halides is 1. The lowest BCUT2D eigenvalue weighted by Crippen LogP contribution is -2.80. The summed E-state index contributed by atoms with van der Waals surface area (Å²) in [5.41, 5.74) is 1.25. The number of aromatic nitrogens is 1. The van der Waals surface area contributed by atoms with Crippen molar-refractivity contribution in [3.8, 4) is 5.75 Å². The Bertz CT molecular complexity index is 1150. The first-order valence-electron chi connectivity index (χ1n) is 9.22. The van der Waals surface area contributed by atoms with Crippen LogP contribution in [0.3, 0.4) is 0 Å². The van der Waals surface area contributed by atoms with Gasteiger partial charge in [0.25, 0.3) is 0 Å². The minimum atomic E-state index is -4.80. The van der Waals surface area contributed by atoms with E-state index in [1.165, 1.54) is 13.1 Å². The summed E-state index contributed by atoms with van der Waals surface area (Å²) in [5.74, 6) is -2.21. The van der Waals surface area contributed by atoms with Gasteiger partial charge in [-0.15, -0.1) is 11.6 Å². The number of carboxylic acid groups (broad SMARTS) is 1. The van der Waals surface area contributed by atoms with Gasteiger partial charge in [-0.1, -0.05) is 18.2 Å². The van der Waals surface area contributed by atoms with Gasteiger partial charge >= 0.3 is 13.8 Å². The molecule has 0 radical (unpaired) electrons. The van der Waals surface area contributed by atoms with E-state index in [0.717, 1.165) is 6.21 Å². The molecular weight excluding hydrogens is 465 g/mol. The molecule has 0 spiro atoms. The van der Waals surface area contributed by atoms with Crippen LogP contribution < -0.4 is 10.3 Å². The van der Waals surface area contributed by atoms with E-state index in [-0.39, 0.29) is 29.0 Å². The van der Waals surface area contributed by atoms with Gasteiger partial charge in [0.1, 0.15) is 5.75 Å². The van der Waals surface area contributed by atoms with Crippen molar-refractivity contribution < 1.29 is 43.7 Å². The first kappa shape index (κ1) is 23.8. The first-order valence-corrected chi connectivity index (χ1v) is 11.1. The lowest BCUT2D eigenvalue weighted by Gasteiger charge is -2.19. The van der Waals surface area contributed by atoms with Crippen molar-refractivity contribution in [2.45, 2.75) is 30.9 Å². The molecule has 170 valence electrons. The van der Waals surface area contributed by atoms with Crippen molar-refractivity contribution in [2.24, 2.45) is 0 Å². The maximum atomic E-state index is 12.5. The minimum absolute atomic E-state index is 0.0251. The third kappa shape index (κ3) is 4.98. The first-order chi connectivity index (χ1) is 14.9. The Morgan fingerprint density at radius 3 is 2.75 bits per heavy atom. The number of rotatable bonds is 8. The minimum Gasteiger partial charge on any atom is -0.505 e. The van der Waals surface area contributed by atoms with Crippen LogP contribution in [0.2, 0.25) is 0 Å². The molecule has 0 saturated carbocycles. The molecule has 13 heteroatoms. The van der Waals surface area contributed by atoms with E-state index in [1.807, 2.05) is 0 Å². The van der Waals surface area contributed by atoms with Gasteiger partial charge in [-0.25, -0.2) is 14.4 Å². The van der Waals surface area contributed by atoms with Crippen molar-refractivity contribution in [3.63, 3.8) is 0 Å². The van der Waals surface area contributed by atoms with Crippen molar-refractivity contribution >= 4 is 43.2 Å². The number of para-hydroxylation sites is 1. The maximum Gasteiger partial charge on any atom is 0.469 e. The fourth-order valence-corrected chi connectivity index (χ4v) is 3.92. The quantitative estimate of drug-likeness (QED) is 0.172. The lowest BCUT2D eigenvalue weighted by atomic mass is 9.92. The number of carbonyl (C=O) groups is 2. The monoisotopic (exact) mass is 484 g/mol. The predicted molar refractivity (Wildman–Crippen MR) is 112 cm³/mol. The number of phosphoric acid groups is 1. The van der Waals surface area contributed by atoms with Crippen LogP contribution in [0.1, 0.15) is 28.8 Å². The zero-order valence-corrected chi connectivity index (χ0v) is 18.3. The van der Waals surface area contributed by atoms with Crippen LogP contribution in [-0.4, -0.2) is 49.1 Å². The number of halogens is 1. The number of phosphoric ester groups is 1. The van der Waals surface area contributed by atoms with Crippen LogP contribution in [0.4, 0.5) is 5.69 Å². The summed E-state index contributed by atoms with van der Waals surface area (Å²) in [5, 5.41) is 22.7. The second-order valence-electron chi connectivity index (χ2n) is 7.10. The molecule has 1 aromatic heterocycles. The molecule has 0 saturated heterocycles. The molecular formula is C19H20ClN3O8P+. The highest BCUT2D eigenvalue weighted by Crippen LogP contribution is 2.44. The summed E-state index contributed by atoms with van der Waals surface area (Å²) < 4.78 is 15.5. The number of nitrogens with one attached hydrogen (secondary N) is 2. The number of hydrogen-bond donors (Lipinski definition) is 6. The Labute approximate surface area is 187 Å². The number of carbonyl (C=O) groups excluding carboxylic acids is 1. The molecule has 11 nitrogen and oxygen atoms in total. The predicted octanol–water partition coefficient (Wildman–Crippen LogP) is 0.134. The van der Waals surface area contributed by atoms with Crippen LogP contribution in [-0.2, 0) is 30.2 Å². The number of pyridine rings is 1. The van der Waals surface area contributed by atoms with E-state index in [1.54, 1.807) is 24.3 Å². The van der Waals surface area contributed by atoms with E-state index in [0.29, 0.717) is 11.3 Å². The number of aliphatic carboxylic acids is 1. The fourth-order valence-electron chi connectivity index (χ4n) is 3.25. The van der Waals surface area contributed by atoms with Crippen molar-refractivity contribution in [1.82, 2.24) is 4.98 Å². The fraction of sp³-hybridized carbons (Fsp3) is 0.263. The summed E-state index contributed by atoms with van der Waals surface area (Å²) in [6.07, 6.45) is 2.06. The molecule has 1 aliphatic heterocycles. The SMILES string of the molecule is Cc1ncc(COP(=O)(O)O)c(C=[NH+][C@@H](C[C@@]2(Cl)C(=O)Nc3ccccc32)C(=O)O)c1O. The molecule has 3 rings (SSSR count). The number of carboxylic acids is 1. The summed E-state index contributed by atoms with van der Waals surface area (Å²) in [7, 11) is -4.80. The standard InChI is InChI=1S/C19H19ClN3O8P/c1-10-16(24)12(11(7-21-10)9-31-32(28,29)30)8-22-15(17(25)26)6-19(20)13-4-2-3-5-14(13)23-18(19)27/h2-5,7-8,15,24H,6,9H2,1H3,(H,23,27)(H,25,26)(H2,28,29,30)/p+1/t15-,19-/m0/s1. The molecule has 32 heavy (non-hydrogen) atoms. The highest BCUT2D eigenvalue weighted by atomic mass is 35.5. The van der Waals surface area contributed by atoms with Crippen molar-refractivity contribution in [1.29, 1.82) is 0 Å². The second-order valence-corrected chi connectivity index (χ2v) is 8.99. The lowest BCUT2D eigenvalue weighted by molar-refractivity contribution is -0.486. The molecule has 6 N–H and O–H groups in total. The number of hydrogen-bond acceptors (Lipinski definition) is 6. The van der Waals surface area contributed by atoms with E-state index < -0.39 is 37.2 Å². The number of aryl methyl sites for hydroxylation is 1. The van der Waals surface area contributed by atoms with Crippen LogP contribution in [0.5, 0.6) is 5.75 Å².